The Morgan fingerprint density at radius 2 is 2.16 bits per heavy atom. The smallest absolute Gasteiger partial charge is 0.0992 e. The highest BCUT2D eigenvalue weighted by atomic mass is 35.5. The zero-order valence-corrected chi connectivity index (χ0v) is 13.2. The van der Waals surface area contributed by atoms with Crippen LogP contribution in [0.15, 0.2) is 30.5 Å². The van der Waals surface area contributed by atoms with Gasteiger partial charge in [-0.3, -0.25) is 4.98 Å². The van der Waals surface area contributed by atoms with Crippen LogP contribution < -0.4 is 5.32 Å². The van der Waals surface area contributed by atoms with Crippen LogP contribution in [0, 0.1) is 0 Å². The van der Waals surface area contributed by atoms with E-state index in [-0.39, 0.29) is 12.0 Å². The van der Waals surface area contributed by atoms with Crippen molar-refractivity contribution in [2.75, 3.05) is 6.54 Å². The van der Waals surface area contributed by atoms with Gasteiger partial charge in [-0.1, -0.05) is 43.1 Å². The van der Waals surface area contributed by atoms with Crippen molar-refractivity contribution in [3.63, 3.8) is 0 Å². The van der Waals surface area contributed by atoms with Gasteiger partial charge in [0.25, 0.3) is 0 Å². The first-order chi connectivity index (χ1) is 9.13. The van der Waals surface area contributed by atoms with E-state index in [0.717, 1.165) is 26.5 Å². The fourth-order valence-electron chi connectivity index (χ4n) is 2.16. The van der Waals surface area contributed by atoms with E-state index in [2.05, 4.69) is 24.1 Å². The summed E-state index contributed by atoms with van der Waals surface area (Å²) in [6.07, 6.45) is 1.82. The van der Waals surface area contributed by atoms with Crippen LogP contribution in [0.5, 0.6) is 0 Å². The molecule has 2 rings (SSSR count). The summed E-state index contributed by atoms with van der Waals surface area (Å²) < 4.78 is 1.47. The van der Waals surface area contributed by atoms with Gasteiger partial charge in [0.2, 0.25) is 0 Å². The molecule has 2 heterocycles. The summed E-state index contributed by atoms with van der Waals surface area (Å²) in [7, 11) is 0. The Bertz CT molecular complexity index is 527. The molecule has 0 saturated carbocycles. The van der Waals surface area contributed by atoms with E-state index < -0.39 is 0 Å². The number of thiophene rings is 1. The molecule has 102 valence electrons. The molecule has 0 saturated heterocycles. The van der Waals surface area contributed by atoms with Gasteiger partial charge in [-0.05, 0) is 24.7 Å². The number of likely N-dealkylation sites (N-methyl/N-ethyl adjacent to an activating group) is 1. The number of rotatable bonds is 5. The molecule has 0 aliphatic rings. The fourth-order valence-corrected chi connectivity index (χ4v) is 3.71. The predicted octanol–water partition coefficient (Wildman–Crippen LogP) is 4.90. The molecule has 2 aromatic heterocycles. The van der Waals surface area contributed by atoms with Crippen molar-refractivity contribution in [2.24, 2.45) is 0 Å². The van der Waals surface area contributed by atoms with E-state index in [1.165, 1.54) is 11.3 Å². The summed E-state index contributed by atoms with van der Waals surface area (Å²) in [6.45, 7) is 5.10. The molecule has 2 aromatic rings. The van der Waals surface area contributed by atoms with Crippen molar-refractivity contribution < 1.29 is 0 Å². The maximum Gasteiger partial charge on any atom is 0.0992 e. The van der Waals surface area contributed by atoms with Gasteiger partial charge in [-0.15, -0.1) is 11.3 Å². The van der Waals surface area contributed by atoms with Crippen LogP contribution in [-0.2, 0) is 0 Å². The maximum atomic E-state index is 6.28. The first-order valence-electron chi connectivity index (χ1n) is 6.22. The van der Waals surface area contributed by atoms with Gasteiger partial charge in [0.1, 0.15) is 0 Å². The third-order valence-corrected chi connectivity index (χ3v) is 4.61. The Balaban J connectivity index is 2.32. The Morgan fingerprint density at radius 3 is 2.68 bits per heavy atom. The quantitative estimate of drug-likeness (QED) is 0.848. The molecule has 0 amide bonds. The molecule has 19 heavy (non-hydrogen) atoms. The Hall–Kier alpha value is -0.610. The van der Waals surface area contributed by atoms with Crippen molar-refractivity contribution in [3.8, 4) is 0 Å². The molecule has 0 bridgehead atoms. The van der Waals surface area contributed by atoms with Crippen LogP contribution in [0.4, 0.5) is 0 Å². The number of hydrogen-bond acceptors (Lipinski definition) is 3. The number of nitrogens with one attached hydrogen (secondary N) is 1. The third kappa shape index (κ3) is 3.48. The first kappa shape index (κ1) is 14.8. The standard InChI is InChI=1S/C14H16Cl2N2S/c1-3-17-13(10-8-12(15)19-14(10)16)9(2)11-6-4-5-7-18-11/h4-9,13,17H,3H2,1-2H3. The highest BCUT2D eigenvalue weighted by molar-refractivity contribution is 7.20. The van der Waals surface area contributed by atoms with Gasteiger partial charge in [0.05, 0.1) is 8.67 Å². The second-order valence-corrected chi connectivity index (χ2v) is 6.64. The minimum absolute atomic E-state index is 0.121. The van der Waals surface area contributed by atoms with Gasteiger partial charge in [0, 0.05) is 29.4 Å². The third-order valence-electron chi connectivity index (χ3n) is 3.10. The van der Waals surface area contributed by atoms with Crippen LogP contribution >= 0.6 is 34.5 Å². The highest BCUT2D eigenvalue weighted by Crippen LogP contribution is 2.39. The van der Waals surface area contributed by atoms with Crippen LogP contribution in [0.1, 0.15) is 37.1 Å². The lowest BCUT2D eigenvalue weighted by Gasteiger charge is -2.24. The molecule has 5 heteroatoms. The molecule has 0 fully saturated rings. The zero-order valence-electron chi connectivity index (χ0n) is 10.9. The second-order valence-electron chi connectivity index (χ2n) is 4.36. The van der Waals surface area contributed by atoms with Crippen LogP contribution in [0.3, 0.4) is 0 Å². The maximum absolute atomic E-state index is 6.28. The minimum atomic E-state index is 0.121. The monoisotopic (exact) mass is 314 g/mol. The SMILES string of the molecule is CCNC(c1cc(Cl)sc1Cl)C(C)c1ccccn1. The first-order valence-corrected chi connectivity index (χ1v) is 7.79. The average Bonchev–Trinajstić information content (AvgIpc) is 2.75. The number of nitrogens with zero attached hydrogens (tertiary/aromatic N) is 1. The summed E-state index contributed by atoms with van der Waals surface area (Å²) >= 11 is 13.7. The molecule has 1 N–H and O–H groups in total. The lowest BCUT2D eigenvalue weighted by atomic mass is 9.93. The van der Waals surface area contributed by atoms with E-state index >= 15 is 0 Å². The molecule has 2 nitrogen and oxygen atoms in total. The summed E-state index contributed by atoms with van der Waals surface area (Å²) in [5.41, 5.74) is 2.10. The van der Waals surface area contributed by atoms with Gasteiger partial charge in [-0.2, -0.15) is 0 Å². The molecule has 0 aliphatic heterocycles. The topological polar surface area (TPSA) is 24.9 Å². The van der Waals surface area contributed by atoms with Crippen molar-refractivity contribution >= 4 is 34.5 Å². The van der Waals surface area contributed by atoms with Gasteiger partial charge < -0.3 is 5.32 Å². The second kappa shape index (κ2) is 6.71. The van der Waals surface area contributed by atoms with Gasteiger partial charge in [0.15, 0.2) is 0 Å². The number of hydrogen-bond donors (Lipinski definition) is 1. The molecule has 0 aromatic carbocycles. The fraction of sp³-hybridized carbons (Fsp3) is 0.357. The Morgan fingerprint density at radius 1 is 1.37 bits per heavy atom. The zero-order chi connectivity index (χ0) is 13.8. The molecule has 0 aliphatic carbocycles. The lowest BCUT2D eigenvalue weighted by molar-refractivity contribution is 0.473. The summed E-state index contributed by atoms with van der Waals surface area (Å²) in [4.78, 5) is 4.43. The van der Waals surface area contributed by atoms with Gasteiger partial charge >= 0.3 is 0 Å². The van der Waals surface area contributed by atoms with Crippen LogP contribution in [-0.4, -0.2) is 11.5 Å². The largest absolute Gasteiger partial charge is 0.310 e. The van der Waals surface area contributed by atoms with E-state index in [1.807, 2.05) is 30.5 Å². The summed E-state index contributed by atoms with van der Waals surface area (Å²) in [6, 6.07) is 8.03. The minimum Gasteiger partial charge on any atom is -0.310 e. The Labute approximate surface area is 127 Å². The molecule has 2 atom stereocenters. The van der Waals surface area contributed by atoms with Crippen LogP contribution in [0.25, 0.3) is 0 Å². The normalized spacial score (nSPS) is 14.3. The number of aromatic nitrogens is 1. The van der Waals surface area contributed by atoms with Crippen molar-refractivity contribution in [3.05, 3.63) is 50.4 Å². The number of halogens is 2. The Kier molecular flexibility index (Phi) is 5.22. The van der Waals surface area contributed by atoms with Crippen molar-refractivity contribution in [1.29, 1.82) is 0 Å². The van der Waals surface area contributed by atoms with Gasteiger partial charge in [-0.25, -0.2) is 0 Å². The molecule has 0 radical (unpaired) electrons. The predicted molar refractivity (Wildman–Crippen MR) is 83.4 cm³/mol. The molecular formula is C14H16Cl2N2S. The summed E-state index contributed by atoms with van der Waals surface area (Å²) in [5.74, 6) is 0.226. The number of pyridine rings is 1. The van der Waals surface area contributed by atoms with Crippen molar-refractivity contribution in [1.82, 2.24) is 10.3 Å². The molecule has 0 spiro atoms. The highest BCUT2D eigenvalue weighted by Gasteiger charge is 2.24. The van der Waals surface area contributed by atoms with E-state index in [9.17, 15) is 0 Å². The van der Waals surface area contributed by atoms with E-state index in [4.69, 9.17) is 23.2 Å². The molecule has 2 unspecified atom stereocenters. The van der Waals surface area contributed by atoms with Crippen LogP contribution in [0.2, 0.25) is 8.67 Å². The van der Waals surface area contributed by atoms with E-state index in [1.54, 1.807) is 0 Å². The van der Waals surface area contributed by atoms with Crippen molar-refractivity contribution in [2.45, 2.75) is 25.8 Å². The lowest BCUT2D eigenvalue weighted by Crippen LogP contribution is -2.26. The molecular weight excluding hydrogens is 299 g/mol. The van der Waals surface area contributed by atoms with E-state index in [0.29, 0.717) is 0 Å². The summed E-state index contributed by atoms with van der Waals surface area (Å²) in [5, 5.41) is 3.47. The average molecular weight is 315 g/mol.